The Hall–Kier alpha value is -2.35. The topological polar surface area (TPSA) is 81.7 Å². The van der Waals surface area contributed by atoms with Crippen LogP contribution in [0.1, 0.15) is 38.3 Å². The summed E-state index contributed by atoms with van der Waals surface area (Å²) in [5.41, 5.74) is 1.69. The predicted octanol–water partition coefficient (Wildman–Crippen LogP) is 3.20. The van der Waals surface area contributed by atoms with E-state index in [1.165, 1.54) is 0 Å². The van der Waals surface area contributed by atoms with Crippen LogP contribution in [-0.4, -0.2) is 58.1 Å². The van der Waals surface area contributed by atoms with Gasteiger partial charge in [-0.1, -0.05) is 60.7 Å². The van der Waals surface area contributed by atoms with Crippen LogP contribution in [0.3, 0.4) is 0 Å². The van der Waals surface area contributed by atoms with Gasteiger partial charge in [0.2, 0.25) is 11.8 Å². The number of carbonyl (C=O) groups excluding carboxylic acids is 2. The average molecular weight is 472 g/mol. The van der Waals surface area contributed by atoms with Crippen LogP contribution in [0.4, 0.5) is 0 Å². The molecule has 0 bridgehead atoms. The highest BCUT2D eigenvalue weighted by atomic mass is 32.2. The van der Waals surface area contributed by atoms with Crippen molar-refractivity contribution in [3.05, 3.63) is 71.8 Å². The van der Waals surface area contributed by atoms with Crippen LogP contribution < -0.4 is 10.6 Å². The third kappa shape index (κ3) is 9.58. The minimum atomic E-state index is -0.787. The summed E-state index contributed by atoms with van der Waals surface area (Å²) in [5, 5.41) is 16.1. The van der Waals surface area contributed by atoms with E-state index in [0.29, 0.717) is 19.5 Å². The van der Waals surface area contributed by atoms with Crippen molar-refractivity contribution >= 4 is 23.6 Å². The first-order valence-corrected chi connectivity index (χ1v) is 12.7. The molecule has 2 rings (SSSR count). The first kappa shape index (κ1) is 26.9. The van der Waals surface area contributed by atoms with E-state index in [2.05, 4.69) is 10.6 Å². The summed E-state index contributed by atoms with van der Waals surface area (Å²) >= 11 is 1.63. The molecule has 0 aliphatic rings. The normalized spacial score (nSPS) is 13.4. The molecule has 2 amide bonds. The highest BCUT2D eigenvalue weighted by Gasteiger charge is 2.30. The fourth-order valence-electron chi connectivity index (χ4n) is 3.51. The molecule has 0 saturated carbocycles. The number of benzene rings is 2. The zero-order chi connectivity index (χ0) is 24.3. The summed E-state index contributed by atoms with van der Waals surface area (Å²) in [6.45, 7) is 6.39. The van der Waals surface area contributed by atoms with E-state index in [1.54, 1.807) is 11.8 Å². The molecule has 2 aromatic carbocycles. The van der Waals surface area contributed by atoms with Gasteiger partial charge >= 0.3 is 0 Å². The number of aliphatic hydroxyl groups excluding tert-OH is 1. The van der Waals surface area contributed by atoms with Gasteiger partial charge in [0.25, 0.3) is 0 Å². The summed E-state index contributed by atoms with van der Waals surface area (Å²) in [6.07, 6.45) is 2.49. The molecular formula is C26H37N3O3S. The van der Waals surface area contributed by atoms with Crippen molar-refractivity contribution in [1.82, 2.24) is 15.5 Å². The molecule has 0 aromatic heterocycles. The van der Waals surface area contributed by atoms with Gasteiger partial charge in [0.15, 0.2) is 0 Å². The molecule has 0 aliphatic carbocycles. The van der Waals surface area contributed by atoms with Crippen LogP contribution in [0.5, 0.6) is 0 Å². The summed E-state index contributed by atoms with van der Waals surface area (Å²) in [7, 11) is 0. The predicted molar refractivity (Wildman–Crippen MR) is 136 cm³/mol. The molecule has 0 spiro atoms. The Morgan fingerprint density at radius 2 is 1.45 bits per heavy atom. The number of nitrogens with zero attached hydrogens (tertiary/aromatic N) is 1. The third-order valence-electron chi connectivity index (χ3n) is 5.12. The largest absolute Gasteiger partial charge is 0.394 e. The molecule has 33 heavy (non-hydrogen) atoms. The number of thioether (sulfide) groups is 1. The molecule has 2 unspecified atom stereocenters. The fraction of sp³-hybridized carbons (Fsp3) is 0.462. The molecule has 0 saturated heterocycles. The Bertz CT molecular complexity index is 815. The number of aliphatic hydroxyl groups is 1. The Balaban J connectivity index is 2.23. The maximum atomic E-state index is 13.3. The molecule has 180 valence electrons. The molecule has 3 N–H and O–H groups in total. The van der Waals surface area contributed by atoms with Crippen molar-refractivity contribution in [3.8, 4) is 0 Å². The van der Waals surface area contributed by atoms with E-state index in [9.17, 15) is 14.7 Å². The lowest BCUT2D eigenvalue weighted by Gasteiger charge is -2.32. The molecular weight excluding hydrogens is 434 g/mol. The number of hydrogen-bond acceptors (Lipinski definition) is 5. The average Bonchev–Trinajstić information content (AvgIpc) is 2.77. The van der Waals surface area contributed by atoms with Crippen molar-refractivity contribution in [2.24, 2.45) is 0 Å². The first-order chi connectivity index (χ1) is 15.7. The Morgan fingerprint density at radius 1 is 0.939 bits per heavy atom. The summed E-state index contributed by atoms with van der Waals surface area (Å²) < 4.78 is 0. The van der Waals surface area contributed by atoms with E-state index in [4.69, 9.17) is 0 Å². The lowest BCUT2D eigenvalue weighted by atomic mass is 10.1. The van der Waals surface area contributed by atoms with Gasteiger partial charge in [-0.3, -0.25) is 14.5 Å². The summed E-state index contributed by atoms with van der Waals surface area (Å²) in [4.78, 5) is 28.1. The highest BCUT2D eigenvalue weighted by molar-refractivity contribution is 7.98. The molecule has 2 atom stereocenters. The van der Waals surface area contributed by atoms with Gasteiger partial charge in [-0.15, -0.1) is 0 Å². The first-order valence-electron chi connectivity index (χ1n) is 11.3. The minimum Gasteiger partial charge on any atom is -0.394 e. The standard InChI is InChI=1S/C26H37N3O3S/c1-26(2,3)28-24(31)22(15-16-33-4)27-25(32)23(19-30)29(17-20-11-7-5-8-12-20)18-21-13-9-6-10-14-21/h5-14,22-23,30H,15-19H2,1-4H3,(H,27,32)(H,28,31). The SMILES string of the molecule is CSCCC(NC(=O)C(CO)N(Cc1ccccc1)Cc1ccccc1)C(=O)NC(C)(C)C. The molecule has 0 fully saturated rings. The van der Waals surface area contributed by atoms with Gasteiger partial charge in [0.05, 0.1) is 6.61 Å². The van der Waals surface area contributed by atoms with Crippen molar-refractivity contribution in [2.45, 2.75) is 57.9 Å². The van der Waals surface area contributed by atoms with E-state index >= 15 is 0 Å². The number of hydrogen-bond donors (Lipinski definition) is 3. The number of amides is 2. The van der Waals surface area contributed by atoms with Crippen LogP contribution in [-0.2, 0) is 22.7 Å². The van der Waals surface area contributed by atoms with Crippen LogP contribution in [0.25, 0.3) is 0 Å². The second-order valence-corrected chi connectivity index (χ2v) is 10.1. The van der Waals surface area contributed by atoms with Gasteiger partial charge in [-0.05, 0) is 50.3 Å². The highest BCUT2D eigenvalue weighted by Crippen LogP contribution is 2.15. The van der Waals surface area contributed by atoms with E-state index in [0.717, 1.165) is 16.9 Å². The molecule has 0 heterocycles. The lowest BCUT2D eigenvalue weighted by molar-refractivity contribution is -0.134. The molecule has 0 radical (unpaired) electrons. The van der Waals surface area contributed by atoms with Crippen LogP contribution in [0, 0.1) is 0 Å². The monoisotopic (exact) mass is 471 g/mol. The van der Waals surface area contributed by atoms with Gasteiger partial charge < -0.3 is 15.7 Å². The maximum Gasteiger partial charge on any atom is 0.243 e. The fourth-order valence-corrected chi connectivity index (χ4v) is 3.98. The van der Waals surface area contributed by atoms with Crippen molar-refractivity contribution < 1.29 is 14.7 Å². The Morgan fingerprint density at radius 3 is 1.88 bits per heavy atom. The van der Waals surface area contributed by atoms with Crippen LogP contribution in [0.2, 0.25) is 0 Å². The van der Waals surface area contributed by atoms with Gasteiger partial charge in [-0.2, -0.15) is 11.8 Å². The smallest absolute Gasteiger partial charge is 0.243 e. The van der Waals surface area contributed by atoms with Crippen LogP contribution in [0.15, 0.2) is 60.7 Å². The van der Waals surface area contributed by atoms with Gasteiger partial charge in [-0.25, -0.2) is 0 Å². The molecule has 0 aliphatic heterocycles. The van der Waals surface area contributed by atoms with E-state index in [-0.39, 0.29) is 18.4 Å². The maximum absolute atomic E-state index is 13.3. The van der Waals surface area contributed by atoms with Crippen molar-refractivity contribution in [2.75, 3.05) is 18.6 Å². The zero-order valence-electron chi connectivity index (χ0n) is 20.1. The lowest BCUT2D eigenvalue weighted by Crippen LogP contribution is -2.56. The third-order valence-corrected chi connectivity index (χ3v) is 5.76. The zero-order valence-corrected chi connectivity index (χ0v) is 20.9. The van der Waals surface area contributed by atoms with E-state index < -0.39 is 17.6 Å². The molecule has 7 heteroatoms. The Kier molecular flexibility index (Phi) is 10.9. The van der Waals surface area contributed by atoms with Gasteiger partial charge in [0.1, 0.15) is 12.1 Å². The summed E-state index contributed by atoms with van der Waals surface area (Å²) in [6, 6.07) is 18.3. The second kappa shape index (κ2) is 13.4. The van der Waals surface area contributed by atoms with Gasteiger partial charge in [0, 0.05) is 18.6 Å². The van der Waals surface area contributed by atoms with Crippen LogP contribution >= 0.6 is 11.8 Å². The minimum absolute atomic E-state index is 0.209. The summed E-state index contributed by atoms with van der Waals surface area (Å²) in [5.74, 6) is 0.183. The number of rotatable bonds is 12. The number of nitrogens with one attached hydrogen (secondary N) is 2. The molecule has 6 nitrogen and oxygen atoms in total. The van der Waals surface area contributed by atoms with Crippen molar-refractivity contribution in [3.63, 3.8) is 0 Å². The second-order valence-electron chi connectivity index (χ2n) is 9.16. The van der Waals surface area contributed by atoms with E-state index in [1.807, 2.05) is 92.6 Å². The number of carbonyl (C=O) groups is 2. The van der Waals surface area contributed by atoms with Crippen molar-refractivity contribution in [1.29, 1.82) is 0 Å². The Labute approximate surface area is 202 Å². The molecule has 2 aromatic rings. The quantitative estimate of drug-likeness (QED) is 0.443.